The molecule has 0 aliphatic carbocycles. The lowest BCUT2D eigenvalue weighted by Crippen LogP contribution is -2.37. The van der Waals surface area contributed by atoms with Crippen LogP contribution in [0.5, 0.6) is 0 Å². The van der Waals surface area contributed by atoms with E-state index >= 15 is 0 Å². The molecule has 1 saturated heterocycles. The summed E-state index contributed by atoms with van der Waals surface area (Å²) in [5.41, 5.74) is 0.775. The first-order valence-corrected chi connectivity index (χ1v) is 6.58. The lowest BCUT2D eigenvalue weighted by molar-refractivity contribution is -0.148. The van der Waals surface area contributed by atoms with Crippen molar-refractivity contribution in [3.05, 3.63) is 18.2 Å². The van der Waals surface area contributed by atoms with Crippen molar-refractivity contribution in [3.63, 3.8) is 0 Å². The minimum absolute atomic E-state index is 0.0505. The second kappa shape index (κ2) is 6.31. The van der Waals surface area contributed by atoms with E-state index in [-0.39, 0.29) is 17.7 Å². The fraction of sp³-hybridized carbons (Fsp3) is 0.538. The van der Waals surface area contributed by atoms with Gasteiger partial charge < -0.3 is 14.7 Å². The summed E-state index contributed by atoms with van der Waals surface area (Å²) < 4.78 is 5.02. The summed E-state index contributed by atoms with van der Waals surface area (Å²) in [7, 11) is 0. The maximum Gasteiger partial charge on any atom is 0.373 e. The van der Waals surface area contributed by atoms with E-state index in [2.05, 4.69) is 9.97 Å². The molecule has 0 saturated carbocycles. The van der Waals surface area contributed by atoms with Gasteiger partial charge in [-0.3, -0.25) is 4.79 Å². The number of hydrogen-bond acceptors (Lipinski definition) is 6. The number of carbonyl (C=O) groups excluding carboxylic acids is 1. The first-order valence-electron chi connectivity index (χ1n) is 6.58. The van der Waals surface area contributed by atoms with Crippen molar-refractivity contribution in [3.8, 4) is 0 Å². The summed E-state index contributed by atoms with van der Waals surface area (Å²) in [4.78, 5) is 31.9. The lowest BCUT2D eigenvalue weighted by atomic mass is 9.97. The summed E-state index contributed by atoms with van der Waals surface area (Å²) in [5.74, 6) is -1.54. The van der Waals surface area contributed by atoms with Gasteiger partial charge in [0.2, 0.25) is 5.82 Å². The van der Waals surface area contributed by atoms with Crippen LogP contribution in [0, 0.1) is 5.92 Å². The van der Waals surface area contributed by atoms with Crippen molar-refractivity contribution < 1.29 is 19.4 Å². The zero-order chi connectivity index (χ0) is 14.5. The summed E-state index contributed by atoms with van der Waals surface area (Å²) in [6.45, 7) is 3.62. The number of aromatic carboxylic acids is 1. The Morgan fingerprint density at radius 2 is 1.95 bits per heavy atom. The first-order chi connectivity index (χ1) is 9.61. The number of carboxylic acid groups (broad SMARTS) is 1. The van der Waals surface area contributed by atoms with Crippen LogP contribution in [0.4, 0.5) is 5.69 Å². The molecule has 1 N–H and O–H groups in total. The average Bonchev–Trinajstić information content (AvgIpc) is 2.48. The smallest absolute Gasteiger partial charge is 0.373 e. The molecule has 20 heavy (non-hydrogen) atoms. The molecule has 0 bridgehead atoms. The quantitative estimate of drug-likeness (QED) is 0.820. The van der Waals surface area contributed by atoms with Crippen LogP contribution in [-0.4, -0.2) is 46.7 Å². The Kier molecular flexibility index (Phi) is 4.49. The van der Waals surface area contributed by atoms with E-state index in [9.17, 15) is 9.59 Å². The standard InChI is InChI=1S/C13H17N3O4/c1-2-20-13(19)9-3-5-16(6-4-9)10-7-14-11(12(17)18)15-8-10/h7-9H,2-6H2,1H3,(H,17,18). The molecule has 1 fully saturated rings. The van der Waals surface area contributed by atoms with Crippen LogP contribution in [0.2, 0.25) is 0 Å². The van der Waals surface area contributed by atoms with Crippen molar-refractivity contribution in [2.75, 3.05) is 24.6 Å². The van der Waals surface area contributed by atoms with Gasteiger partial charge in [0.05, 0.1) is 30.6 Å². The predicted octanol–water partition coefficient (Wildman–Crippen LogP) is 0.954. The maximum atomic E-state index is 11.6. The molecule has 1 aromatic rings. The molecular formula is C13H17N3O4. The molecule has 2 heterocycles. The molecular weight excluding hydrogens is 262 g/mol. The van der Waals surface area contributed by atoms with E-state index < -0.39 is 5.97 Å². The molecule has 1 aromatic heterocycles. The first kappa shape index (κ1) is 14.2. The van der Waals surface area contributed by atoms with E-state index in [1.54, 1.807) is 6.92 Å². The summed E-state index contributed by atoms with van der Waals surface area (Å²) in [6, 6.07) is 0. The number of rotatable bonds is 4. The summed E-state index contributed by atoms with van der Waals surface area (Å²) in [6.07, 6.45) is 4.45. The summed E-state index contributed by atoms with van der Waals surface area (Å²) in [5, 5.41) is 8.74. The van der Waals surface area contributed by atoms with Gasteiger partial charge in [0.1, 0.15) is 0 Å². The third-order valence-corrected chi connectivity index (χ3v) is 3.31. The van der Waals surface area contributed by atoms with Crippen molar-refractivity contribution >= 4 is 17.6 Å². The normalized spacial score (nSPS) is 15.9. The molecule has 0 amide bonds. The number of ether oxygens (including phenoxy) is 1. The van der Waals surface area contributed by atoms with Gasteiger partial charge >= 0.3 is 11.9 Å². The van der Waals surface area contributed by atoms with Gasteiger partial charge in [-0.25, -0.2) is 14.8 Å². The molecule has 0 unspecified atom stereocenters. The topological polar surface area (TPSA) is 92.6 Å². The Bertz CT molecular complexity index is 481. The number of carboxylic acids is 1. The Morgan fingerprint density at radius 1 is 1.35 bits per heavy atom. The predicted molar refractivity (Wildman–Crippen MR) is 70.6 cm³/mol. The van der Waals surface area contributed by atoms with Gasteiger partial charge in [0, 0.05) is 13.1 Å². The zero-order valence-corrected chi connectivity index (χ0v) is 11.3. The Hall–Kier alpha value is -2.18. The molecule has 0 radical (unpaired) electrons. The number of nitrogens with zero attached hydrogens (tertiary/aromatic N) is 3. The minimum atomic E-state index is -1.14. The van der Waals surface area contributed by atoms with Crippen molar-refractivity contribution in [2.24, 2.45) is 5.92 Å². The molecule has 7 heteroatoms. The van der Waals surface area contributed by atoms with Crippen LogP contribution in [-0.2, 0) is 9.53 Å². The Balaban J connectivity index is 1.93. The number of anilines is 1. The molecule has 0 aromatic carbocycles. The van der Waals surface area contributed by atoms with E-state index in [0.29, 0.717) is 19.7 Å². The maximum absolute atomic E-state index is 11.6. The molecule has 2 rings (SSSR count). The van der Waals surface area contributed by atoms with E-state index in [1.165, 1.54) is 12.4 Å². The number of aromatic nitrogens is 2. The minimum Gasteiger partial charge on any atom is -0.475 e. The monoisotopic (exact) mass is 279 g/mol. The fourth-order valence-electron chi connectivity index (χ4n) is 2.23. The van der Waals surface area contributed by atoms with Gasteiger partial charge in [-0.05, 0) is 19.8 Å². The van der Waals surface area contributed by atoms with Crippen LogP contribution < -0.4 is 4.90 Å². The molecule has 1 aliphatic rings. The van der Waals surface area contributed by atoms with Gasteiger partial charge in [-0.15, -0.1) is 0 Å². The summed E-state index contributed by atoms with van der Waals surface area (Å²) >= 11 is 0. The SMILES string of the molecule is CCOC(=O)C1CCN(c2cnc(C(=O)O)nc2)CC1. The van der Waals surface area contributed by atoms with Gasteiger partial charge in [0.25, 0.3) is 0 Å². The van der Waals surface area contributed by atoms with Crippen LogP contribution in [0.3, 0.4) is 0 Å². The van der Waals surface area contributed by atoms with Gasteiger partial charge in [-0.2, -0.15) is 0 Å². The Morgan fingerprint density at radius 3 is 2.45 bits per heavy atom. The van der Waals surface area contributed by atoms with Gasteiger partial charge in [0.15, 0.2) is 0 Å². The number of piperidine rings is 1. The molecule has 1 aliphatic heterocycles. The van der Waals surface area contributed by atoms with E-state index in [0.717, 1.165) is 18.5 Å². The third-order valence-electron chi connectivity index (χ3n) is 3.31. The second-order valence-electron chi connectivity index (χ2n) is 4.58. The zero-order valence-electron chi connectivity index (χ0n) is 11.3. The van der Waals surface area contributed by atoms with Crippen LogP contribution in [0.15, 0.2) is 12.4 Å². The molecule has 7 nitrogen and oxygen atoms in total. The second-order valence-corrected chi connectivity index (χ2v) is 4.58. The highest BCUT2D eigenvalue weighted by atomic mass is 16.5. The van der Waals surface area contributed by atoms with E-state index in [1.807, 2.05) is 4.90 Å². The number of carbonyl (C=O) groups is 2. The number of hydrogen-bond donors (Lipinski definition) is 1. The van der Waals surface area contributed by atoms with Crippen molar-refractivity contribution in [1.29, 1.82) is 0 Å². The van der Waals surface area contributed by atoms with Crippen LogP contribution in [0.25, 0.3) is 0 Å². The Labute approximate surface area is 116 Å². The van der Waals surface area contributed by atoms with Crippen LogP contribution >= 0.6 is 0 Å². The third kappa shape index (κ3) is 3.23. The molecule has 108 valence electrons. The van der Waals surface area contributed by atoms with Crippen molar-refractivity contribution in [2.45, 2.75) is 19.8 Å². The molecule has 0 spiro atoms. The highest BCUT2D eigenvalue weighted by molar-refractivity contribution is 5.83. The van der Waals surface area contributed by atoms with Gasteiger partial charge in [-0.1, -0.05) is 0 Å². The largest absolute Gasteiger partial charge is 0.475 e. The average molecular weight is 279 g/mol. The fourth-order valence-corrected chi connectivity index (χ4v) is 2.23. The van der Waals surface area contributed by atoms with Crippen molar-refractivity contribution in [1.82, 2.24) is 9.97 Å². The van der Waals surface area contributed by atoms with Crippen LogP contribution in [0.1, 0.15) is 30.4 Å². The lowest BCUT2D eigenvalue weighted by Gasteiger charge is -2.32. The molecule has 0 atom stereocenters. The number of esters is 1. The highest BCUT2D eigenvalue weighted by Gasteiger charge is 2.26. The van der Waals surface area contributed by atoms with E-state index in [4.69, 9.17) is 9.84 Å². The highest BCUT2D eigenvalue weighted by Crippen LogP contribution is 2.23.